The molecule has 0 atom stereocenters. The fourth-order valence-electron chi connectivity index (χ4n) is 2.89. The fourth-order valence-corrected chi connectivity index (χ4v) is 3.40. The van der Waals surface area contributed by atoms with Crippen LogP contribution in [0.3, 0.4) is 0 Å². The molecule has 0 aromatic heterocycles. The molecule has 0 bridgehead atoms. The third kappa shape index (κ3) is 5.46. The van der Waals surface area contributed by atoms with E-state index in [-0.39, 0.29) is 18.0 Å². The fraction of sp³-hybridized carbons (Fsp3) is 0.120. The number of carbonyl (C=O) groups excluding carboxylic acids is 1. The van der Waals surface area contributed by atoms with Gasteiger partial charge in [0.15, 0.2) is 11.5 Å². The summed E-state index contributed by atoms with van der Waals surface area (Å²) in [6, 6.07) is 19.5. The molecule has 0 radical (unpaired) electrons. The molecule has 0 spiro atoms. The number of aryl methyl sites for hydroxylation is 1. The molecule has 0 unspecified atom stereocenters. The van der Waals surface area contributed by atoms with Gasteiger partial charge in [0.25, 0.3) is 0 Å². The first kappa shape index (κ1) is 22.4. The number of hydrogen-bond donors (Lipinski definition) is 0. The van der Waals surface area contributed by atoms with Crippen molar-refractivity contribution in [1.29, 1.82) is 5.26 Å². The van der Waals surface area contributed by atoms with Crippen LogP contribution < -0.4 is 9.47 Å². The van der Waals surface area contributed by atoms with Gasteiger partial charge in [0.2, 0.25) is 5.78 Å². The van der Waals surface area contributed by atoms with Crippen LogP contribution in [-0.4, -0.2) is 12.9 Å². The highest BCUT2D eigenvalue weighted by atomic mass is 35.5. The number of methoxy groups -OCH3 is 1. The molecular weight excluding hydrogens is 433 g/mol. The van der Waals surface area contributed by atoms with Gasteiger partial charge >= 0.3 is 0 Å². The molecule has 0 saturated carbocycles. The van der Waals surface area contributed by atoms with Gasteiger partial charge in [0.1, 0.15) is 18.2 Å². The van der Waals surface area contributed by atoms with Crippen LogP contribution in [0.25, 0.3) is 6.08 Å². The van der Waals surface area contributed by atoms with E-state index in [9.17, 15) is 10.1 Å². The Balaban J connectivity index is 1.83. The number of benzene rings is 3. The number of nitriles is 1. The highest BCUT2D eigenvalue weighted by molar-refractivity contribution is 6.35. The third-order valence-electron chi connectivity index (χ3n) is 4.61. The molecule has 0 fully saturated rings. The number of ketones is 1. The second kappa shape index (κ2) is 10.2. The van der Waals surface area contributed by atoms with E-state index in [1.807, 2.05) is 25.1 Å². The van der Waals surface area contributed by atoms with E-state index in [1.165, 1.54) is 13.2 Å². The number of hydrogen-bond acceptors (Lipinski definition) is 4. The van der Waals surface area contributed by atoms with Crippen molar-refractivity contribution in [3.05, 3.63) is 98.5 Å². The Kier molecular flexibility index (Phi) is 7.36. The Hall–Kier alpha value is -3.26. The summed E-state index contributed by atoms with van der Waals surface area (Å²) < 4.78 is 11.3. The van der Waals surface area contributed by atoms with Crippen LogP contribution in [0.5, 0.6) is 11.5 Å². The standard InChI is InChI=1S/C25H19Cl2NO3/c1-16-6-9-18(10-7-16)25(29)19(14-28)12-17-8-11-23(24(13-17)30-2)31-15-20-21(26)4-3-5-22(20)27/h3-13H,15H2,1-2H3/b19-12+. The van der Waals surface area contributed by atoms with E-state index in [2.05, 4.69) is 0 Å². The number of ether oxygens (including phenoxy) is 2. The maximum Gasteiger partial charge on any atom is 0.203 e. The minimum Gasteiger partial charge on any atom is -0.493 e. The number of rotatable bonds is 7. The Morgan fingerprint density at radius 1 is 1.03 bits per heavy atom. The normalized spacial score (nSPS) is 11.0. The monoisotopic (exact) mass is 451 g/mol. The summed E-state index contributed by atoms with van der Waals surface area (Å²) in [5.41, 5.74) is 2.84. The van der Waals surface area contributed by atoms with Crippen LogP contribution in [-0.2, 0) is 6.61 Å². The smallest absolute Gasteiger partial charge is 0.203 e. The van der Waals surface area contributed by atoms with Crippen LogP contribution in [0.1, 0.15) is 27.0 Å². The lowest BCUT2D eigenvalue weighted by atomic mass is 10.0. The molecule has 31 heavy (non-hydrogen) atoms. The third-order valence-corrected chi connectivity index (χ3v) is 5.32. The molecule has 6 heteroatoms. The lowest BCUT2D eigenvalue weighted by Gasteiger charge is -2.13. The maximum atomic E-state index is 12.7. The van der Waals surface area contributed by atoms with Crippen LogP contribution >= 0.6 is 23.2 Å². The van der Waals surface area contributed by atoms with E-state index in [0.717, 1.165) is 5.56 Å². The number of Topliss-reactive ketones (excluding diaryl/α,β-unsaturated/α-hetero) is 1. The van der Waals surface area contributed by atoms with Gasteiger partial charge in [0.05, 0.1) is 7.11 Å². The van der Waals surface area contributed by atoms with Crippen molar-refractivity contribution in [2.75, 3.05) is 7.11 Å². The first-order valence-electron chi connectivity index (χ1n) is 9.40. The first-order valence-corrected chi connectivity index (χ1v) is 10.2. The second-order valence-corrected chi connectivity index (χ2v) is 7.58. The number of nitrogens with zero attached hydrogens (tertiary/aromatic N) is 1. The quantitative estimate of drug-likeness (QED) is 0.228. The average molecular weight is 452 g/mol. The van der Waals surface area contributed by atoms with Gasteiger partial charge in [-0.3, -0.25) is 4.79 Å². The summed E-state index contributed by atoms with van der Waals surface area (Å²) >= 11 is 12.4. The van der Waals surface area contributed by atoms with Gasteiger partial charge < -0.3 is 9.47 Å². The van der Waals surface area contributed by atoms with E-state index < -0.39 is 0 Å². The number of carbonyl (C=O) groups is 1. The minimum atomic E-state index is -0.338. The van der Waals surface area contributed by atoms with Gasteiger partial charge in [-0.05, 0) is 42.8 Å². The zero-order chi connectivity index (χ0) is 22.4. The predicted molar refractivity (Wildman–Crippen MR) is 123 cm³/mol. The van der Waals surface area contributed by atoms with Crippen molar-refractivity contribution in [1.82, 2.24) is 0 Å². The molecule has 0 amide bonds. The lowest BCUT2D eigenvalue weighted by Crippen LogP contribution is -2.02. The molecule has 3 aromatic carbocycles. The summed E-state index contributed by atoms with van der Waals surface area (Å²) in [5, 5.41) is 10.5. The highest BCUT2D eigenvalue weighted by Gasteiger charge is 2.14. The molecule has 3 aromatic rings. The Bertz CT molecular complexity index is 1160. The van der Waals surface area contributed by atoms with Gasteiger partial charge in [-0.1, -0.05) is 65.2 Å². The molecule has 0 aliphatic carbocycles. The summed E-state index contributed by atoms with van der Waals surface area (Å²) in [5.74, 6) is 0.603. The zero-order valence-electron chi connectivity index (χ0n) is 17.0. The molecule has 0 aliphatic heterocycles. The minimum absolute atomic E-state index is 0.0300. The molecular formula is C25H19Cl2NO3. The first-order chi connectivity index (χ1) is 14.9. The Morgan fingerprint density at radius 3 is 2.32 bits per heavy atom. The zero-order valence-corrected chi connectivity index (χ0v) is 18.5. The van der Waals surface area contributed by atoms with Crippen LogP contribution in [0.2, 0.25) is 10.0 Å². The summed E-state index contributed by atoms with van der Waals surface area (Å²) in [4.78, 5) is 12.7. The van der Waals surface area contributed by atoms with Crippen molar-refractivity contribution in [3.8, 4) is 17.6 Å². The second-order valence-electron chi connectivity index (χ2n) is 6.76. The van der Waals surface area contributed by atoms with E-state index in [4.69, 9.17) is 32.7 Å². The molecule has 0 heterocycles. The molecule has 0 saturated heterocycles. The van der Waals surface area contributed by atoms with Crippen molar-refractivity contribution < 1.29 is 14.3 Å². The Labute approximate surface area is 191 Å². The van der Waals surface area contributed by atoms with Gasteiger partial charge in [-0.2, -0.15) is 5.26 Å². The van der Waals surface area contributed by atoms with Crippen molar-refractivity contribution in [2.24, 2.45) is 0 Å². The van der Waals surface area contributed by atoms with E-state index >= 15 is 0 Å². The van der Waals surface area contributed by atoms with Gasteiger partial charge in [-0.25, -0.2) is 0 Å². The van der Waals surface area contributed by atoms with Crippen molar-refractivity contribution >= 4 is 35.1 Å². The van der Waals surface area contributed by atoms with Crippen molar-refractivity contribution in [2.45, 2.75) is 13.5 Å². The van der Waals surface area contributed by atoms with Crippen LogP contribution in [0, 0.1) is 18.3 Å². The topological polar surface area (TPSA) is 59.3 Å². The van der Waals surface area contributed by atoms with Crippen LogP contribution in [0.4, 0.5) is 0 Å². The van der Waals surface area contributed by atoms with Gasteiger partial charge in [-0.15, -0.1) is 0 Å². The largest absolute Gasteiger partial charge is 0.493 e. The maximum absolute atomic E-state index is 12.7. The predicted octanol–water partition coefficient (Wildman–Crippen LogP) is 6.68. The van der Waals surface area contributed by atoms with Crippen molar-refractivity contribution in [3.63, 3.8) is 0 Å². The summed E-state index contributed by atoms with van der Waals surface area (Å²) in [6.45, 7) is 2.10. The Morgan fingerprint density at radius 2 is 1.71 bits per heavy atom. The van der Waals surface area contributed by atoms with E-state index in [0.29, 0.717) is 38.2 Å². The lowest BCUT2D eigenvalue weighted by molar-refractivity contribution is 0.104. The van der Waals surface area contributed by atoms with E-state index in [1.54, 1.807) is 48.5 Å². The SMILES string of the molecule is COc1cc(/C=C(\C#N)C(=O)c2ccc(C)cc2)ccc1OCc1c(Cl)cccc1Cl. The molecule has 4 nitrogen and oxygen atoms in total. The summed E-state index contributed by atoms with van der Waals surface area (Å²) in [6.07, 6.45) is 1.53. The average Bonchev–Trinajstić information content (AvgIpc) is 2.77. The van der Waals surface area contributed by atoms with Crippen LogP contribution in [0.15, 0.2) is 66.2 Å². The molecule has 0 aliphatic rings. The van der Waals surface area contributed by atoms with Gasteiger partial charge in [0, 0.05) is 21.2 Å². The number of halogens is 2. The summed E-state index contributed by atoms with van der Waals surface area (Å²) in [7, 11) is 1.51. The molecule has 3 rings (SSSR count). The molecule has 156 valence electrons. The molecule has 0 N–H and O–H groups in total. The highest BCUT2D eigenvalue weighted by Crippen LogP contribution is 2.32. The number of allylic oxidation sites excluding steroid dienone is 1.